The number of phenols is 2. The van der Waals surface area contributed by atoms with Crippen LogP contribution in [-0.2, 0) is 15.0 Å². The summed E-state index contributed by atoms with van der Waals surface area (Å²) in [5.41, 5.74) is 3.22. The number of nitrogens with one attached hydrogen (secondary N) is 1. The van der Waals surface area contributed by atoms with Crippen molar-refractivity contribution >= 4 is 35.8 Å². The van der Waals surface area contributed by atoms with Crippen LogP contribution in [0.1, 0.15) is 18.1 Å². The van der Waals surface area contributed by atoms with Crippen molar-refractivity contribution in [1.29, 1.82) is 0 Å². The third kappa shape index (κ3) is 7.56. The quantitative estimate of drug-likeness (QED) is 0.0999. The maximum Gasteiger partial charge on any atom is 0.270 e. The van der Waals surface area contributed by atoms with E-state index in [9.17, 15) is 28.9 Å². The van der Waals surface area contributed by atoms with E-state index in [0.717, 1.165) is 12.0 Å². The van der Waals surface area contributed by atoms with Crippen LogP contribution in [0.3, 0.4) is 0 Å². The van der Waals surface area contributed by atoms with Crippen molar-refractivity contribution in [1.82, 2.24) is 0 Å². The fourth-order valence-electron chi connectivity index (χ4n) is 3.62. The van der Waals surface area contributed by atoms with E-state index in [-0.39, 0.29) is 27.2 Å². The summed E-state index contributed by atoms with van der Waals surface area (Å²) < 4.78 is 28.8. The normalized spacial score (nSPS) is 10.7. The number of anilines is 1. The predicted octanol–water partition coefficient (Wildman–Crippen LogP) is 3.47. The number of nitro benzene ring substituents is 1. The fraction of sp³-hybridized carbons (Fsp3) is 0.0741. The Kier molecular flexibility index (Phi) is 9.09. The number of phenolic OH excluding ortho intramolecular Hbond substituents is 2. The average molecular weight is 580 g/mol. The molecule has 0 radical (unpaired) electrons. The summed E-state index contributed by atoms with van der Waals surface area (Å²) in [5, 5.41) is 32.6. The number of non-ortho nitro benzene ring substituents is 1. The minimum atomic E-state index is -5.14. The van der Waals surface area contributed by atoms with Crippen LogP contribution in [0.5, 0.6) is 11.5 Å². The molecule has 0 aliphatic heterocycles. The second-order valence-electron chi connectivity index (χ2n) is 8.22. The first kappa shape index (κ1) is 28.2. The number of rotatable bonds is 6. The molecule has 0 aromatic heterocycles. The van der Waals surface area contributed by atoms with Crippen LogP contribution >= 0.6 is 0 Å². The van der Waals surface area contributed by atoms with E-state index in [1.54, 1.807) is 18.2 Å². The van der Waals surface area contributed by atoms with Gasteiger partial charge in [0.1, 0.15) is 5.75 Å². The molecule has 38 heavy (non-hydrogen) atoms. The van der Waals surface area contributed by atoms with E-state index in [1.165, 1.54) is 42.8 Å². The minimum Gasteiger partial charge on any atom is -0.507 e. The number of nitro groups is 1. The van der Waals surface area contributed by atoms with Gasteiger partial charge in [-0.3, -0.25) is 10.1 Å². The van der Waals surface area contributed by atoms with Crippen molar-refractivity contribution in [2.24, 2.45) is 0 Å². The molecular weight excluding hydrogens is 555 g/mol. The zero-order valence-corrected chi connectivity index (χ0v) is 22.1. The molecule has 4 rings (SSSR count). The minimum absolute atomic E-state index is 0.00959. The molecule has 0 heterocycles. The number of amides is 1. The molecule has 0 unspecified atom stereocenters. The zero-order valence-electron chi connectivity index (χ0n) is 20.2. The van der Waals surface area contributed by atoms with Gasteiger partial charge >= 0.3 is 88.1 Å². The van der Waals surface area contributed by atoms with E-state index in [2.05, 4.69) is 5.32 Å². The molecule has 10 nitrogen and oxygen atoms in total. The Bertz CT molecular complexity index is 1500. The van der Waals surface area contributed by atoms with Crippen LogP contribution in [-0.4, -0.2) is 43.4 Å². The first-order valence-corrected chi connectivity index (χ1v) is 14.6. The number of nitrogens with zero attached hydrogens (tertiary/aromatic N) is 1. The molecule has 0 spiro atoms. The summed E-state index contributed by atoms with van der Waals surface area (Å²) in [6.07, 6.45) is 0.739. The molecular formula is C27H25AsN2O8. The van der Waals surface area contributed by atoms with Crippen LogP contribution in [0.15, 0.2) is 91.0 Å². The summed E-state index contributed by atoms with van der Waals surface area (Å²) in [4.78, 5) is 21.3. The topological polar surface area (TPSA) is 170 Å². The Morgan fingerprint density at radius 3 is 2.18 bits per heavy atom. The van der Waals surface area contributed by atoms with Crippen molar-refractivity contribution < 1.29 is 31.9 Å². The molecule has 1 amide bonds. The average Bonchev–Trinajstić information content (AvgIpc) is 2.86. The van der Waals surface area contributed by atoms with Crippen molar-refractivity contribution in [3.8, 4) is 22.6 Å². The number of hydrogen-bond donors (Lipinski definition) is 5. The van der Waals surface area contributed by atoms with Crippen molar-refractivity contribution in [2.75, 3.05) is 5.32 Å². The SMILES string of the molecule is CC(=O)Nc1c(O)cccc1[As](=O)(O)O.O=[N+]([O-])c1cccc(-c2cc(Cc3ccccc3)ccc2O)c1. The molecule has 0 saturated carbocycles. The van der Waals surface area contributed by atoms with Crippen LogP contribution in [0.25, 0.3) is 11.1 Å². The summed E-state index contributed by atoms with van der Waals surface area (Å²) in [5.74, 6) is -0.767. The van der Waals surface area contributed by atoms with Crippen molar-refractivity contribution in [3.05, 3.63) is 112 Å². The number of para-hydroxylation sites is 1. The number of carbonyl (C=O) groups is 1. The zero-order chi connectivity index (χ0) is 27.9. The van der Waals surface area contributed by atoms with Gasteiger partial charge in [0.05, 0.1) is 4.92 Å². The summed E-state index contributed by atoms with van der Waals surface area (Å²) in [6, 6.07) is 25.4. The summed E-state index contributed by atoms with van der Waals surface area (Å²) >= 11 is -5.14. The maximum absolute atomic E-state index is 11.1. The smallest absolute Gasteiger partial charge is 0.270 e. The van der Waals surface area contributed by atoms with Gasteiger partial charge in [-0.25, -0.2) is 0 Å². The molecule has 11 heteroatoms. The summed E-state index contributed by atoms with van der Waals surface area (Å²) in [7, 11) is 0. The Hall–Kier alpha value is -4.37. The predicted molar refractivity (Wildman–Crippen MR) is 142 cm³/mol. The molecule has 0 saturated heterocycles. The molecule has 0 atom stereocenters. The van der Waals surface area contributed by atoms with Crippen LogP contribution in [0.4, 0.5) is 11.4 Å². The number of aromatic hydroxyl groups is 2. The third-order valence-corrected chi connectivity index (χ3v) is 7.41. The van der Waals surface area contributed by atoms with Crippen molar-refractivity contribution in [3.63, 3.8) is 0 Å². The third-order valence-electron chi connectivity index (χ3n) is 5.32. The number of carbonyl (C=O) groups excluding carboxylic acids is 1. The maximum atomic E-state index is 11.1. The number of hydrogen-bond acceptors (Lipinski definition) is 6. The Labute approximate surface area is 221 Å². The van der Waals surface area contributed by atoms with Gasteiger partial charge in [0, 0.05) is 17.7 Å². The fourth-order valence-corrected chi connectivity index (χ4v) is 5.17. The first-order valence-electron chi connectivity index (χ1n) is 11.2. The molecule has 0 aliphatic rings. The summed E-state index contributed by atoms with van der Waals surface area (Å²) in [6.45, 7) is 1.18. The van der Waals surface area contributed by atoms with E-state index >= 15 is 0 Å². The molecule has 0 aliphatic carbocycles. The van der Waals surface area contributed by atoms with E-state index < -0.39 is 25.0 Å². The van der Waals surface area contributed by atoms with Gasteiger partial charge in [0.15, 0.2) is 0 Å². The van der Waals surface area contributed by atoms with Gasteiger partial charge in [0.25, 0.3) is 5.69 Å². The Morgan fingerprint density at radius 2 is 1.55 bits per heavy atom. The van der Waals surface area contributed by atoms with E-state index in [1.807, 2.05) is 42.5 Å². The second kappa shape index (κ2) is 12.2. The standard InChI is InChI=1S/C19H15NO3.C8H10AsNO5/c21-19-10-9-15(11-14-5-2-1-3-6-14)12-18(19)16-7-4-8-17(13-16)20(22)23;1-5(11)10-8-6(9(13,14)15)3-2-4-7(8)12/h1-10,12-13,21H,11H2;2-4,12H,1H3,(H,10,11)(H2,13,14,15). The monoisotopic (exact) mass is 580 g/mol. The van der Waals surface area contributed by atoms with E-state index in [4.69, 9.17) is 8.19 Å². The molecule has 0 fully saturated rings. The van der Waals surface area contributed by atoms with Gasteiger partial charge in [-0.2, -0.15) is 0 Å². The molecule has 5 N–H and O–H groups in total. The van der Waals surface area contributed by atoms with Crippen molar-refractivity contribution in [2.45, 2.75) is 13.3 Å². The molecule has 4 aromatic carbocycles. The van der Waals surface area contributed by atoms with Gasteiger partial charge in [-0.05, 0) is 35.2 Å². The second-order valence-corrected chi connectivity index (χ2v) is 11.5. The Morgan fingerprint density at radius 1 is 0.868 bits per heavy atom. The van der Waals surface area contributed by atoms with Crippen LogP contribution in [0.2, 0.25) is 0 Å². The number of benzene rings is 4. The van der Waals surface area contributed by atoms with Crippen LogP contribution in [0, 0.1) is 10.1 Å². The Balaban J connectivity index is 0.000000232. The van der Waals surface area contributed by atoms with Gasteiger partial charge in [-0.15, -0.1) is 0 Å². The largest absolute Gasteiger partial charge is 0.507 e. The first-order chi connectivity index (χ1) is 18.0. The van der Waals surface area contributed by atoms with Crippen LogP contribution < -0.4 is 9.67 Å². The molecule has 4 aromatic rings. The van der Waals surface area contributed by atoms with E-state index in [0.29, 0.717) is 11.1 Å². The molecule has 0 bridgehead atoms. The molecule has 196 valence electrons. The van der Waals surface area contributed by atoms with Gasteiger partial charge < -0.3 is 5.11 Å². The van der Waals surface area contributed by atoms with Gasteiger partial charge in [0.2, 0.25) is 0 Å². The van der Waals surface area contributed by atoms with Gasteiger partial charge in [-0.1, -0.05) is 48.5 Å².